The molecule has 8 heteroatoms. The number of rotatable bonds is 8. The summed E-state index contributed by atoms with van der Waals surface area (Å²) in [6, 6.07) is 17.2. The summed E-state index contributed by atoms with van der Waals surface area (Å²) in [7, 11) is 3.14. The fourth-order valence-corrected chi connectivity index (χ4v) is 4.61. The van der Waals surface area contributed by atoms with E-state index in [1.165, 1.54) is 12.1 Å². The molecule has 2 atom stereocenters. The zero-order valence-corrected chi connectivity index (χ0v) is 20.2. The molecule has 6 nitrogen and oxygen atoms in total. The zero-order chi connectivity index (χ0) is 25.7. The number of hydrogen-bond acceptors (Lipinski definition) is 4. The van der Waals surface area contributed by atoms with Crippen molar-refractivity contribution in [3.8, 4) is 11.5 Å². The second-order valence-corrected chi connectivity index (χ2v) is 8.64. The molecule has 3 aromatic rings. The molecule has 0 spiro atoms. The van der Waals surface area contributed by atoms with E-state index in [9.17, 15) is 18.4 Å². The maximum absolute atomic E-state index is 13.5. The third kappa shape index (κ3) is 5.64. The Morgan fingerprint density at radius 2 is 1.53 bits per heavy atom. The van der Waals surface area contributed by atoms with Crippen LogP contribution < -0.4 is 19.7 Å². The molecule has 0 aromatic heterocycles. The first-order valence-corrected chi connectivity index (χ1v) is 11.7. The van der Waals surface area contributed by atoms with E-state index >= 15 is 0 Å². The van der Waals surface area contributed by atoms with Gasteiger partial charge in [0.15, 0.2) is 0 Å². The average molecular weight is 495 g/mol. The van der Waals surface area contributed by atoms with Crippen molar-refractivity contribution >= 4 is 17.5 Å². The maximum Gasteiger partial charge on any atom is 0.227 e. The average Bonchev–Trinajstić information content (AvgIpc) is 2.88. The zero-order valence-electron chi connectivity index (χ0n) is 20.2. The molecule has 2 unspecified atom stereocenters. The SMILES string of the molecule is COc1ccc(C2C(C(=O)NCCc3cc(F)cc(F)c3)CCC(=O)N2c2ccc(OC)cc2)cc1. The fourth-order valence-electron chi connectivity index (χ4n) is 4.61. The Balaban J connectivity index is 1.59. The van der Waals surface area contributed by atoms with Crippen LogP contribution in [0.25, 0.3) is 0 Å². The minimum atomic E-state index is -0.656. The molecule has 2 amide bonds. The molecule has 36 heavy (non-hydrogen) atoms. The Hall–Kier alpha value is -3.94. The number of hydrogen-bond donors (Lipinski definition) is 1. The summed E-state index contributed by atoms with van der Waals surface area (Å²) in [5.74, 6) is -0.817. The summed E-state index contributed by atoms with van der Waals surface area (Å²) < 4.78 is 37.5. The highest BCUT2D eigenvalue weighted by Gasteiger charge is 2.41. The Labute approximate surface area is 208 Å². The first-order valence-electron chi connectivity index (χ1n) is 11.7. The second-order valence-electron chi connectivity index (χ2n) is 8.64. The lowest BCUT2D eigenvalue weighted by atomic mass is 9.83. The van der Waals surface area contributed by atoms with Gasteiger partial charge in [-0.25, -0.2) is 8.78 Å². The number of carbonyl (C=O) groups excluding carboxylic acids is 2. The van der Waals surface area contributed by atoms with Gasteiger partial charge in [-0.2, -0.15) is 0 Å². The first-order chi connectivity index (χ1) is 17.4. The monoisotopic (exact) mass is 494 g/mol. The molecular weight excluding hydrogens is 466 g/mol. The molecule has 4 rings (SSSR count). The van der Waals surface area contributed by atoms with Crippen molar-refractivity contribution in [1.29, 1.82) is 0 Å². The summed E-state index contributed by atoms with van der Waals surface area (Å²) in [6.07, 6.45) is 0.871. The van der Waals surface area contributed by atoms with E-state index in [2.05, 4.69) is 5.32 Å². The van der Waals surface area contributed by atoms with Crippen molar-refractivity contribution in [2.45, 2.75) is 25.3 Å². The topological polar surface area (TPSA) is 67.9 Å². The third-order valence-corrected chi connectivity index (χ3v) is 6.38. The highest BCUT2D eigenvalue weighted by molar-refractivity contribution is 5.97. The molecule has 1 aliphatic rings. The lowest BCUT2D eigenvalue weighted by Gasteiger charge is -2.41. The summed E-state index contributed by atoms with van der Waals surface area (Å²) in [6.45, 7) is 0.212. The molecule has 3 aromatic carbocycles. The van der Waals surface area contributed by atoms with Gasteiger partial charge in [-0.3, -0.25) is 9.59 Å². The highest BCUT2D eigenvalue weighted by Crippen LogP contribution is 2.41. The smallest absolute Gasteiger partial charge is 0.227 e. The molecule has 0 bridgehead atoms. The molecule has 0 aliphatic carbocycles. The van der Waals surface area contributed by atoms with Gasteiger partial charge in [-0.05, 0) is 72.5 Å². The maximum atomic E-state index is 13.5. The Kier molecular flexibility index (Phi) is 7.83. The van der Waals surface area contributed by atoms with Gasteiger partial charge in [0.2, 0.25) is 11.8 Å². The first kappa shape index (κ1) is 25.2. The largest absolute Gasteiger partial charge is 0.497 e. The van der Waals surface area contributed by atoms with Crippen LogP contribution in [-0.4, -0.2) is 32.6 Å². The van der Waals surface area contributed by atoms with Gasteiger partial charge in [-0.15, -0.1) is 0 Å². The summed E-state index contributed by atoms with van der Waals surface area (Å²) >= 11 is 0. The predicted octanol–water partition coefficient (Wildman–Crippen LogP) is 4.83. The molecule has 0 saturated carbocycles. The number of amides is 2. The predicted molar refractivity (Wildman–Crippen MR) is 132 cm³/mol. The number of piperidine rings is 1. The molecule has 0 radical (unpaired) electrons. The number of halogens is 2. The van der Waals surface area contributed by atoms with Crippen LogP contribution >= 0.6 is 0 Å². The van der Waals surface area contributed by atoms with Crippen LogP contribution in [0.2, 0.25) is 0 Å². The van der Waals surface area contributed by atoms with Gasteiger partial charge in [0.25, 0.3) is 0 Å². The van der Waals surface area contributed by atoms with Crippen LogP contribution in [-0.2, 0) is 16.0 Å². The lowest BCUT2D eigenvalue weighted by Crippen LogP contribution is -2.48. The Bertz CT molecular complexity index is 1190. The van der Waals surface area contributed by atoms with Crippen molar-refractivity contribution in [2.24, 2.45) is 5.92 Å². The standard InChI is InChI=1S/C28H28F2N2O4/c1-35-23-7-3-19(4-8-23)27-25(28(34)31-14-13-18-15-20(29)17-21(30)16-18)11-12-26(33)32(27)22-5-9-24(36-2)10-6-22/h3-10,15-17,25,27H,11-14H2,1-2H3,(H,31,34). The summed E-state index contributed by atoms with van der Waals surface area (Å²) in [4.78, 5) is 28.2. The molecule has 1 fully saturated rings. The number of ether oxygens (including phenoxy) is 2. The van der Waals surface area contributed by atoms with Gasteiger partial charge >= 0.3 is 0 Å². The van der Waals surface area contributed by atoms with E-state index in [0.29, 0.717) is 29.2 Å². The number of anilines is 1. The molecule has 188 valence electrons. The van der Waals surface area contributed by atoms with E-state index in [4.69, 9.17) is 9.47 Å². The molecular formula is C28H28F2N2O4. The van der Waals surface area contributed by atoms with Gasteiger partial charge in [0.05, 0.1) is 26.2 Å². The minimum Gasteiger partial charge on any atom is -0.497 e. The number of nitrogens with zero attached hydrogens (tertiary/aromatic N) is 1. The molecule has 1 heterocycles. The van der Waals surface area contributed by atoms with E-state index in [0.717, 1.165) is 11.6 Å². The van der Waals surface area contributed by atoms with E-state index in [1.54, 1.807) is 55.5 Å². The van der Waals surface area contributed by atoms with Gasteiger partial charge in [-0.1, -0.05) is 12.1 Å². The van der Waals surface area contributed by atoms with Crippen molar-refractivity contribution in [1.82, 2.24) is 5.32 Å². The number of benzene rings is 3. The quantitative estimate of drug-likeness (QED) is 0.487. The van der Waals surface area contributed by atoms with Crippen LogP contribution in [0, 0.1) is 17.6 Å². The molecule has 1 aliphatic heterocycles. The summed E-state index contributed by atoms with van der Waals surface area (Å²) in [5.41, 5.74) is 1.92. The van der Waals surface area contributed by atoms with E-state index in [-0.39, 0.29) is 31.2 Å². The van der Waals surface area contributed by atoms with Crippen LogP contribution in [0.5, 0.6) is 11.5 Å². The van der Waals surface area contributed by atoms with Crippen molar-refractivity contribution < 1.29 is 27.8 Å². The van der Waals surface area contributed by atoms with Crippen molar-refractivity contribution in [2.75, 3.05) is 25.7 Å². The normalized spacial score (nSPS) is 17.6. The number of methoxy groups -OCH3 is 2. The van der Waals surface area contributed by atoms with Crippen LogP contribution in [0.15, 0.2) is 66.7 Å². The van der Waals surface area contributed by atoms with Crippen molar-refractivity contribution in [3.05, 3.63) is 89.5 Å². The van der Waals surface area contributed by atoms with E-state index in [1.807, 2.05) is 12.1 Å². The summed E-state index contributed by atoms with van der Waals surface area (Å²) in [5, 5.41) is 2.90. The Morgan fingerprint density at radius 3 is 2.11 bits per heavy atom. The van der Waals surface area contributed by atoms with Crippen molar-refractivity contribution in [3.63, 3.8) is 0 Å². The minimum absolute atomic E-state index is 0.0831. The van der Waals surface area contributed by atoms with Gasteiger partial charge < -0.3 is 19.7 Å². The molecule has 1 saturated heterocycles. The number of carbonyl (C=O) groups is 2. The van der Waals surface area contributed by atoms with Gasteiger partial charge in [0.1, 0.15) is 23.1 Å². The lowest BCUT2D eigenvalue weighted by molar-refractivity contribution is -0.129. The van der Waals surface area contributed by atoms with Crippen LogP contribution in [0.4, 0.5) is 14.5 Å². The molecule has 1 N–H and O–H groups in total. The second kappa shape index (κ2) is 11.2. The highest BCUT2D eigenvalue weighted by atomic mass is 19.1. The Morgan fingerprint density at radius 1 is 0.944 bits per heavy atom. The number of nitrogens with one attached hydrogen (secondary N) is 1. The van der Waals surface area contributed by atoms with Crippen LogP contribution in [0.3, 0.4) is 0 Å². The van der Waals surface area contributed by atoms with Crippen LogP contribution in [0.1, 0.15) is 30.0 Å². The van der Waals surface area contributed by atoms with Gasteiger partial charge in [0, 0.05) is 24.7 Å². The fraction of sp³-hybridized carbons (Fsp3) is 0.286. The van der Waals surface area contributed by atoms with E-state index < -0.39 is 23.6 Å². The third-order valence-electron chi connectivity index (χ3n) is 6.38.